The summed E-state index contributed by atoms with van der Waals surface area (Å²) in [5.74, 6) is -1.02. The molecule has 0 spiro atoms. The lowest BCUT2D eigenvalue weighted by molar-refractivity contribution is -0.152. The molecule has 3 atom stereocenters. The summed E-state index contributed by atoms with van der Waals surface area (Å²) in [5, 5.41) is 4.11. The summed E-state index contributed by atoms with van der Waals surface area (Å²) in [7, 11) is 1.65. The Morgan fingerprint density at radius 3 is 2.69 bits per heavy atom. The van der Waals surface area contributed by atoms with Gasteiger partial charge in [-0.1, -0.05) is 48.0 Å². The van der Waals surface area contributed by atoms with E-state index in [1.165, 1.54) is 4.90 Å². The average Bonchev–Trinajstić information content (AvgIpc) is 3.26. The zero-order valence-electron chi connectivity index (χ0n) is 19.7. The molecule has 9 nitrogen and oxygen atoms in total. The number of imide groups is 1. The second kappa shape index (κ2) is 9.49. The Hall–Kier alpha value is -3.14. The van der Waals surface area contributed by atoms with Crippen LogP contribution in [-0.4, -0.2) is 77.8 Å². The fourth-order valence-corrected chi connectivity index (χ4v) is 5.28. The average molecular weight is 498 g/mol. The molecule has 3 fully saturated rings. The van der Waals surface area contributed by atoms with Gasteiger partial charge < -0.3 is 14.5 Å². The SMILES string of the molecule is Cc1ccc(Cl)cc1N1CCCN2C3C(=O)N(CC(=O)OCc4ccccc4)C(=O)N(C)C3NC12. The lowest BCUT2D eigenvalue weighted by Gasteiger charge is -2.44. The molecule has 10 heteroatoms. The van der Waals surface area contributed by atoms with E-state index >= 15 is 0 Å². The fraction of sp³-hybridized carbons (Fsp3) is 0.400. The first kappa shape index (κ1) is 23.6. The zero-order valence-corrected chi connectivity index (χ0v) is 20.4. The third-order valence-corrected chi connectivity index (χ3v) is 7.12. The van der Waals surface area contributed by atoms with Crippen molar-refractivity contribution in [1.29, 1.82) is 0 Å². The van der Waals surface area contributed by atoms with E-state index in [0.717, 1.165) is 34.7 Å². The molecule has 3 amide bonds. The highest BCUT2D eigenvalue weighted by Crippen LogP contribution is 2.35. The molecule has 1 N–H and O–H groups in total. The number of aryl methyl sites for hydroxylation is 1. The van der Waals surface area contributed by atoms with Crippen LogP contribution in [0.5, 0.6) is 0 Å². The number of hydrogen-bond donors (Lipinski definition) is 1. The predicted octanol–water partition coefficient (Wildman–Crippen LogP) is 2.38. The molecule has 184 valence electrons. The van der Waals surface area contributed by atoms with Crippen molar-refractivity contribution in [2.75, 3.05) is 31.6 Å². The number of benzene rings is 2. The van der Waals surface area contributed by atoms with Crippen LogP contribution in [0.2, 0.25) is 5.02 Å². The van der Waals surface area contributed by atoms with Crippen LogP contribution in [-0.2, 0) is 20.9 Å². The van der Waals surface area contributed by atoms with Crippen molar-refractivity contribution >= 4 is 35.2 Å². The molecule has 0 aliphatic carbocycles. The summed E-state index contributed by atoms with van der Waals surface area (Å²) in [5.41, 5.74) is 2.90. The molecule has 3 aliphatic rings. The molecule has 3 heterocycles. The summed E-state index contributed by atoms with van der Waals surface area (Å²) in [6.45, 7) is 3.16. The quantitative estimate of drug-likeness (QED) is 0.635. The Balaban J connectivity index is 1.34. The molecular weight excluding hydrogens is 470 g/mol. The first-order valence-corrected chi connectivity index (χ1v) is 12.1. The maximum atomic E-state index is 13.5. The predicted molar refractivity (Wildman–Crippen MR) is 130 cm³/mol. The molecule has 5 rings (SSSR count). The van der Waals surface area contributed by atoms with E-state index in [0.29, 0.717) is 11.6 Å². The number of halogens is 1. The highest BCUT2D eigenvalue weighted by Gasteiger charge is 2.56. The topological polar surface area (TPSA) is 85.4 Å². The largest absolute Gasteiger partial charge is 0.459 e. The smallest absolute Gasteiger partial charge is 0.328 e. The fourth-order valence-electron chi connectivity index (χ4n) is 5.12. The normalized spacial score (nSPS) is 24.4. The number of esters is 1. The number of anilines is 1. The number of nitrogens with one attached hydrogen (secondary N) is 1. The van der Waals surface area contributed by atoms with Crippen molar-refractivity contribution in [3.05, 3.63) is 64.7 Å². The van der Waals surface area contributed by atoms with Crippen molar-refractivity contribution in [3.8, 4) is 0 Å². The van der Waals surface area contributed by atoms with Crippen LogP contribution in [0.25, 0.3) is 0 Å². The summed E-state index contributed by atoms with van der Waals surface area (Å²) < 4.78 is 5.33. The number of rotatable bonds is 5. The minimum Gasteiger partial charge on any atom is -0.459 e. The number of nitrogens with zero attached hydrogens (tertiary/aromatic N) is 4. The van der Waals surface area contributed by atoms with E-state index in [4.69, 9.17) is 16.3 Å². The van der Waals surface area contributed by atoms with Crippen LogP contribution in [0.3, 0.4) is 0 Å². The van der Waals surface area contributed by atoms with Gasteiger partial charge in [-0.15, -0.1) is 0 Å². The minimum absolute atomic E-state index is 0.0848. The molecule has 0 aromatic heterocycles. The van der Waals surface area contributed by atoms with Crippen molar-refractivity contribution in [3.63, 3.8) is 0 Å². The molecule has 0 radical (unpaired) electrons. The van der Waals surface area contributed by atoms with Crippen LogP contribution in [0.15, 0.2) is 48.5 Å². The van der Waals surface area contributed by atoms with Gasteiger partial charge in [0.05, 0.1) is 0 Å². The molecule has 0 bridgehead atoms. The van der Waals surface area contributed by atoms with Crippen LogP contribution in [0.1, 0.15) is 17.5 Å². The van der Waals surface area contributed by atoms with Crippen molar-refractivity contribution < 1.29 is 19.1 Å². The number of ether oxygens (including phenoxy) is 1. The van der Waals surface area contributed by atoms with Crippen LogP contribution in [0.4, 0.5) is 10.5 Å². The van der Waals surface area contributed by atoms with Crippen molar-refractivity contribution in [2.24, 2.45) is 0 Å². The van der Waals surface area contributed by atoms with Gasteiger partial charge in [-0.05, 0) is 36.6 Å². The van der Waals surface area contributed by atoms with E-state index in [2.05, 4.69) is 15.1 Å². The lowest BCUT2D eigenvalue weighted by Crippen LogP contribution is -2.67. The maximum Gasteiger partial charge on any atom is 0.328 e. The van der Waals surface area contributed by atoms with Gasteiger partial charge in [0, 0.05) is 30.8 Å². The molecule has 35 heavy (non-hydrogen) atoms. The first-order valence-electron chi connectivity index (χ1n) is 11.7. The van der Waals surface area contributed by atoms with E-state index in [1.807, 2.05) is 55.5 Å². The Kier molecular flexibility index (Phi) is 6.39. The highest BCUT2D eigenvalue weighted by atomic mass is 35.5. The third kappa shape index (κ3) is 4.35. The molecular formula is C25H28ClN5O4. The van der Waals surface area contributed by atoms with Crippen molar-refractivity contribution in [2.45, 2.75) is 38.4 Å². The Morgan fingerprint density at radius 2 is 1.91 bits per heavy atom. The maximum absolute atomic E-state index is 13.5. The second-order valence-corrected chi connectivity index (χ2v) is 9.55. The third-order valence-electron chi connectivity index (χ3n) is 6.88. The Morgan fingerprint density at radius 1 is 1.14 bits per heavy atom. The highest BCUT2D eigenvalue weighted by molar-refractivity contribution is 6.30. The Labute approximate surface area is 209 Å². The van der Waals surface area contributed by atoms with Gasteiger partial charge in [-0.3, -0.25) is 24.7 Å². The number of carbonyl (C=O) groups excluding carboxylic acids is 3. The summed E-state index contributed by atoms with van der Waals surface area (Å²) >= 11 is 6.28. The summed E-state index contributed by atoms with van der Waals surface area (Å²) in [4.78, 5) is 45.9. The molecule has 2 aromatic rings. The number of carbonyl (C=O) groups is 3. The number of amides is 3. The molecule has 3 saturated heterocycles. The number of urea groups is 1. The summed E-state index contributed by atoms with van der Waals surface area (Å²) in [6, 6.07) is 13.9. The zero-order chi connectivity index (χ0) is 24.7. The lowest BCUT2D eigenvalue weighted by atomic mass is 10.1. The standard InChI is InChI=1S/C25H28ClN5O4/c1-16-9-10-18(26)13-19(16)29-11-6-12-30-21-22(27-24(29)30)28(2)25(34)31(23(21)33)14-20(32)35-15-17-7-4-3-5-8-17/h3-5,7-10,13,21-22,24,27H,6,11-12,14-15H2,1-2H3. The number of fused-ring (bicyclic) bond motifs is 3. The summed E-state index contributed by atoms with van der Waals surface area (Å²) in [6.07, 6.45) is 0.0639. The van der Waals surface area contributed by atoms with Gasteiger partial charge in [-0.2, -0.15) is 0 Å². The van der Waals surface area contributed by atoms with E-state index in [-0.39, 0.29) is 12.9 Å². The minimum atomic E-state index is -0.625. The van der Waals surface area contributed by atoms with Gasteiger partial charge >= 0.3 is 12.0 Å². The van der Waals surface area contributed by atoms with Crippen molar-refractivity contribution in [1.82, 2.24) is 20.0 Å². The monoisotopic (exact) mass is 497 g/mol. The van der Waals surface area contributed by atoms with Gasteiger partial charge in [0.15, 0.2) is 0 Å². The van der Waals surface area contributed by atoms with Crippen LogP contribution >= 0.6 is 11.6 Å². The van der Waals surface area contributed by atoms with Crippen LogP contribution < -0.4 is 10.2 Å². The van der Waals surface area contributed by atoms with E-state index in [1.54, 1.807) is 7.05 Å². The van der Waals surface area contributed by atoms with Crippen LogP contribution in [0, 0.1) is 6.92 Å². The molecule has 0 saturated carbocycles. The second-order valence-electron chi connectivity index (χ2n) is 9.11. The van der Waals surface area contributed by atoms with Gasteiger partial charge in [0.25, 0.3) is 5.91 Å². The molecule has 3 aliphatic heterocycles. The van der Waals surface area contributed by atoms with E-state index < -0.39 is 36.7 Å². The van der Waals surface area contributed by atoms with E-state index in [9.17, 15) is 14.4 Å². The Bertz CT molecular complexity index is 1150. The van der Waals surface area contributed by atoms with Gasteiger partial charge in [0.1, 0.15) is 31.6 Å². The number of likely N-dealkylation sites (N-methyl/N-ethyl adjacent to an activating group) is 1. The number of hydrogen-bond acceptors (Lipinski definition) is 7. The molecule has 2 aromatic carbocycles. The first-order chi connectivity index (χ1) is 16.8. The van der Waals surface area contributed by atoms with Gasteiger partial charge in [-0.25, -0.2) is 4.79 Å². The molecule has 3 unspecified atom stereocenters. The van der Waals surface area contributed by atoms with Gasteiger partial charge in [0.2, 0.25) is 0 Å².